The molecule has 1 aliphatic rings. The number of hydrogen-bond donors (Lipinski definition) is 0. The Morgan fingerprint density at radius 2 is 2.08 bits per heavy atom. The van der Waals surface area contributed by atoms with Gasteiger partial charge in [-0.05, 0) is 29.7 Å². The third-order valence-corrected chi connectivity index (χ3v) is 6.58. The van der Waals surface area contributed by atoms with Gasteiger partial charge in [0.15, 0.2) is 5.70 Å². The Kier molecular flexibility index (Phi) is 4.29. The number of ether oxygens (including phenoxy) is 2. The van der Waals surface area contributed by atoms with Gasteiger partial charge in [-0.3, -0.25) is 0 Å². The molecule has 25 heavy (non-hydrogen) atoms. The minimum absolute atomic E-state index is 0.189. The molecule has 0 aliphatic carbocycles. The monoisotopic (exact) mass is 409 g/mol. The molecule has 0 amide bonds. The van der Waals surface area contributed by atoms with Gasteiger partial charge in [0.1, 0.15) is 15.6 Å². The number of halogens is 2. The van der Waals surface area contributed by atoms with Gasteiger partial charge >= 0.3 is 5.97 Å². The third-order valence-electron chi connectivity index (χ3n) is 3.56. The fourth-order valence-corrected chi connectivity index (χ4v) is 4.86. The van der Waals surface area contributed by atoms with Crippen molar-refractivity contribution in [2.45, 2.75) is 0 Å². The van der Waals surface area contributed by atoms with E-state index >= 15 is 0 Å². The summed E-state index contributed by atoms with van der Waals surface area (Å²) >= 11 is 15.6. The van der Waals surface area contributed by atoms with Crippen LogP contribution in [0.25, 0.3) is 16.2 Å². The highest BCUT2D eigenvalue weighted by Crippen LogP contribution is 2.44. The second kappa shape index (κ2) is 6.46. The second-order valence-electron chi connectivity index (χ2n) is 5.06. The molecule has 4 nitrogen and oxygen atoms in total. The van der Waals surface area contributed by atoms with Crippen LogP contribution in [-0.2, 0) is 9.53 Å². The number of rotatable bonds is 3. The molecule has 3 heterocycles. The van der Waals surface area contributed by atoms with Crippen molar-refractivity contribution < 1.29 is 14.3 Å². The summed E-state index contributed by atoms with van der Waals surface area (Å²) in [6.07, 6.45) is 1.69. The van der Waals surface area contributed by atoms with Crippen molar-refractivity contribution in [3.63, 3.8) is 0 Å². The Morgan fingerprint density at radius 3 is 2.80 bits per heavy atom. The van der Waals surface area contributed by atoms with Crippen LogP contribution in [0, 0.1) is 0 Å². The van der Waals surface area contributed by atoms with E-state index in [0.717, 1.165) is 15.0 Å². The molecule has 0 N–H and O–H groups in total. The number of carbonyl (C=O) groups excluding carboxylic acids is 1. The van der Waals surface area contributed by atoms with Crippen LogP contribution in [0.4, 0.5) is 0 Å². The highest BCUT2D eigenvalue weighted by atomic mass is 35.5. The molecule has 0 bridgehead atoms. The first-order chi connectivity index (χ1) is 12.1. The zero-order valence-electron chi connectivity index (χ0n) is 12.7. The maximum absolute atomic E-state index is 12.1. The molecule has 0 spiro atoms. The first-order valence-corrected chi connectivity index (χ1v) is 9.54. The van der Waals surface area contributed by atoms with Crippen molar-refractivity contribution >= 4 is 73.9 Å². The highest BCUT2D eigenvalue weighted by molar-refractivity contribution is 7.22. The molecule has 0 fully saturated rings. The molecule has 3 aromatic rings. The number of hydrogen-bond acceptors (Lipinski definition) is 6. The molecular weight excluding hydrogens is 401 g/mol. The molecule has 2 aromatic heterocycles. The molecule has 1 aromatic carbocycles. The summed E-state index contributed by atoms with van der Waals surface area (Å²) in [4.78, 5) is 17.9. The Labute approximate surface area is 160 Å². The Morgan fingerprint density at radius 1 is 1.24 bits per heavy atom. The molecule has 0 atom stereocenters. The van der Waals surface area contributed by atoms with Crippen LogP contribution in [0.5, 0.6) is 5.75 Å². The molecule has 0 saturated heterocycles. The van der Waals surface area contributed by atoms with E-state index < -0.39 is 5.97 Å². The van der Waals surface area contributed by atoms with E-state index in [0.29, 0.717) is 20.7 Å². The van der Waals surface area contributed by atoms with Crippen molar-refractivity contribution in [2.75, 3.05) is 7.11 Å². The summed E-state index contributed by atoms with van der Waals surface area (Å²) < 4.78 is 11.3. The lowest BCUT2D eigenvalue weighted by molar-refractivity contribution is -0.129. The average Bonchev–Trinajstić information content (AvgIpc) is 3.30. The molecule has 0 radical (unpaired) electrons. The minimum Gasteiger partial charge on any atom is -0.495 e. The van der Waals surface area contributed by atoms with E-state index in [1.54, 1.807) is 19.3 Å². The fourth-order valence-electron chi connectivity index (χ4n) is 2.39. The maximum atomic E-state index is 12.1. The number of methoxy groups -OCH3 is 1. The number of aliphatic imine (C=N–C) groups is 1. The van der Waals surface area contributed by atoms with Gasteiger partial charge in [0, 0.05) is 10.3 Å². The van der Waals surface area contributed by atoms with E-state index in [4.69, 9.17) is 32.7 Å². The number of fused-ring (bicyclic) bond motifs is 1. The predicted molar refractivity (Wildman–Crippen MR) is 103 cm³/mol. The van der Waals surface area contributed by atoms with E-state index in [1.165, 1.54) is 22.7 Å². The van der Waals surface area contributed by atoms with Crippen molar-refractivity contribution in [3.05, 3.63) is 55.1 Å². The largest absolute Gasteiger partial charge is 0.495 e. The summed E-state index contributed by atoms with van der Waals surface area (Å²) in [5.74, 6) is 0.247. The van der Waals surface area contributed by atoms with Gasteiger partial charge in [-0.25, -0.2) is 9.79 Å². The van der Waals surface area contributed by atoms with Crippen LogP contribution in [0.15, 0.2) is 40.3 Å². The SMILES string of the molecule is COc1ccc2c(Cl)c(C3=N/C(=C\c4cccs4)C(=O)O3)sc2c1Cl. The topological polar surface area (TPSA) is 47.9 Å². The van der Waals surface area contributed by atoms with Crippen LogP contribution in [0.2, 0.25) is 10.0 Å². The van der Waals surface area contributed by atoms with Crippen LogP contribution < -0.4 is 4.74 Å². The molecule has 0 saturated carbocycles. The van der Waals surface area contributed by atoms with Gasteiger partial charge in [-0.1, -0.05) is 29.3 Å². The zero-order valence-corrected chi connectivity index (χ0v) is 15.9. The lowest BCUT2D eigenvalue weighted by atomic mass is 10.2. The van der Waals surface area contributed by atoms with E-state index in [9.17, 15) is 4.79 Å². The highest BCUT2D eigenvalue weighted by Gasteiger charge is 2.28. The fraction of sp³-hybridized carbons (Fsp3) is 0.0588. The van der Waals surface area contributed by atoms with Gasteiger partial charge < -0.3 is 9.47 Å². The predicted octanol–water partition coefficient (Wildman–Crippen LogP) is 5.62. The second-order valence-corrected chi connectivity index (χ2v) is 7.81. The van der Waals surface area contributed by atoms with Gasteiger partial charge in [0.25, 0.3) is 0 Å². The van der Waals surface area contributed by atoms with Crippen molar-refractivity contribution in [3.8, 4) is 5.75 Å². The van der Waals surface area contributed by atoms with Crippen molar-refractivity contribution in [2.24, 2.45) is 4.99 Å². The molecule has 1 aliphatic heterocycles. The van der Waals surface area contributed by atoms with Crippen molar-refractivity contribution in [1.82, 2.24) is 0 Å². The number of cyclic esters (lactones) is 1. The Hall–Kier alpha value is -1.86. The van der Waals surface area contributed by atoms with Crippen LogP contribution in [0.1, 0.15) is 9.75 Å². The number of esters is 1. The number of thiophene rings is 2. The van der Waals surface area contributed by atoms with Crippen LogP contribution >= 0.6 is 45.9 Å². The van der Waals surface area contributed by atoms with Gasteiger partial charge in [-0.15, -0.1) is 22.7 Å². The third kappa shape index (κ3) is 2.85. The summed E-state index contributed by atoms with van der Waals surface area (Å²) in [7, 11) is 1.55. The first-order valence-electron chi connectivity index (χ1n) is 7.09. The number of nitrogens with zero attached hydrogens (tertiary/aromatic N) is 1. The molecule has 4 rings (SSSR count). The quantitative estimate of drug-likeness (QED) is 0.416. The first kappa shape index (κ1) is 16.6. The average molecular weight is 410 g/mol. The summed E-state index contributed by atoms with van der Waals surface area (Å²) in [5, 5.41) is 3.61. The van der Waals surface area contributed by atoms with Crippen LogP contribution in [-0.4, -0.2) is 19.0 Å². The standard InChI is InChI=1S/C17H9Cl2NO3S2/c1-22-11-5-4-9-12(18)15(25-14(9)13(11)19)16-20-10(17(21)23-16)7-8-3-2-6-24-8/h2-7H,1H3/b10-7-. The van der Waals surface area contributed by atoms with Crippen molar-refractivity contribution in [1.29, 1.82) is 0 Å². The zero-order chi connectivity index (χ0) is 17.6. The minimum atomic E-state index is -0.499. The van der Waals surface area contributed by atoms with E-state index in [-0.39, 0.29) is 11.6 Å². The summed E-state index contributed by atoms with van der Waals surface area (Å²) in [5.41, 5.74) is 0.245. The summed E-state index contributed by atoms with van der Waals surface area (Å²) in [6.45, 7) is 0. The molecule has 8 heteroatoms. The van der Waals surface area contributed by atoms with Gasteiger partial charge in [-0.2, -0.15) is 0 Å². The van der Waals surface area contributed by atoms with E-state index in [1.807, 2.05) is 23.6 Å². The van der Waals surface area contributed by atoms with E-state index in [2.05, 4.69) is 4.99 Å². The Balaban J connectivity index is 1.81. The van der Waals surface area contributed by atoms with Gasteiger partial charge in [0.05, 0.1) is 16.8 Å². The number of carbonyl (C=O) groups is 1. The smallest absolute Gasteiger partial charge is 0.363 e. The van der Waals surface area contributed by atoms with Crippen LogP contribution in [0.3, 0.4) is 0 Å². The molecule has 126 valence electrons. The summed E-state index contributed by atoms with van der Waals surface area (Å²) in [6, 6.07) is 7.37. The Bertz CT molecular complexity index is 1050. The number of benzene rings is 1. The molecule has 0 unspecified atom stereocenters. The molecular formula is C17H9Cl2NO3S2. The normalized spacial score (nSPS) is 15.7. The van der Waals surface area contributed by atoms with Gasteiger partial charge in [0.2, 0.25) is 5.90 Å². The lowest BCUT2D eigenvalue weighted by Gasteiger charge is -2.02. The maximum Gasteiger partial charge on any atom is 0.363 e. The lowest BCUT2D eigenvalue weighted by Crippen LogP contribution is -2.03.